The smallest absolute Gasteiger partial charge is 0.244 e. The Hall–Kier alpha value is -3.43. The number of anilines is 1. The van der Waals surface area contributed by atoms with Crippen molar-refractivity contribution in [3.63, 3.8) is 0 Å². The van der Waals surface area contributed by atoms with Crippen molar-refractivity contribution in [2.45, 2.75) is 57.2 Å². The molecular formula is C31H35ClFN3O4S. The van der Waals surface area contributed by atoms with Gasteiger partial charge in [0.1, 0.15) is 18.4 Å². The number of hydrogen-bond donors (Lipinski definition) is 1. The average Bonchev–Trinajstić information content (AvgIpc) is 2.95. The highest BCUT2D eigenvalue weighted by molar-refractivity contribution is 7.92. The summed E-state index contributed by atoms with van der Waals surface area (Å²) >= 11 is 6.13. The van der Waals surface area contributed by atoms with Crippen LogP contribution < -0.4 is 9.62 Å². The Morgan fingerprint density at radius 1 is 0.976 bits per heavy atom. The molecule has 1 saturated carbocycles. The lowest BCUT2D eigenvalue weighted by atomic mass is 9.94. The predicted octanol–water partition coefficient (Wildman–Crippen LogP) is 5.33. The fourth-order valence-electron chi connectivity index (χ4n) is 5.15. The second-order valence-electron chi connectivity index (χ2n) is 10.4. The minimum atomic E-state index is -3.92. The molecule has 3 aromatic carbocycles. The molecular weight excluding hydrogens is 565 g/mol. The molecule has 1 atom stereocenters. The summed E-state index contributed by atoms with van der Waals surface area (Å²) in [6.45, 7) is -0.802. The molecule has 0 unspecified atom stereocenters. The van der Waals surface area contributed by atoms with Crippen LogP contribution in [0.3, 0.4) is 0 Å². The molecule has 0 bridgehead atoms. The first-order valence-corrected chi connectivity index (χ1v) is 15.9. The lowest BCUT2D eigenvalue weighted by molar-refractivity contribution is -0.140. The predicted molar refractivity (Wildman–Crippen MR) is 160 cm³/mol. The van der Waals surface area contributed by atoms with Gasteiger partial charge in [0.2, 0.25) is 21.8 Å². The maximum absolute atomic E-state index is 14.9. The van der Waals surface area contributed by atoms with E-state index in [0.717, 1.165) is 48.2 Å². The van der Waals surface area contributed by atoms with Gasteiger partial charge >= 0.3 is 0 Å². The second kappa shape index (κ2) is 14.0. The fraction of sp³-hybridized carbons (Fsp3) is 0.355. The SMILES string of the molecule is CS(=O)(=O)N(CC(=O)N(Cc1ccccc1F)[C@@H](Cc1ccccc1)C(=O)NC1CCCCC1)c1cccc(Cl)c1. The number of halogens is 2. The Labute approximate surface area is 246 Å². The van der Waals surface area contributed by atoms with Crippen molar-refractivity contribution in [1.29, 1.82) is 0 Å². The summed E-state index contributed by atoms with van der Waals surface area (Å²) in [5.74, 6) is -1.51. The first-order chi connectivity index (χ1) is 19.6. The van der Waals surface area contributed by atoms with Crippen LogP contribution in [0.25, 0.3) is 0 Å². The highest BCUT2D eigenvalue weighted by Crippen LogP contribution is 2.24. The molecule has 41 heavy (non-hydrogen) atoms. The van der Waals surface area contributed by atoms with E-state index in [-0.39, 0.29) is 36.2 Å². The van der Waals surface area contributed by atoms with Gasteiger partial charge in [-0.2, -0.15) is 0 Å². The van der Waals surface area contributed by atoms with Crippen molar-refractivity contribution < 1.29 is 22.4 Å². The zero-order valence-corrected chi connectivity index (χ0v) is 24.6. The number of carbonyl (C=O) groups excluding carboxylic acids is 2. The third-order valence-electron chi connectivity index (χ3n) is 7.30. The van der Waals surface area contributed by atoms with E-state index in [4.69, 9.17) is 11.6 Å². The summed E-state index contributed by atoms with van der Waals surface area (Å²) < 4.78 is 41.5. The Kier molecular flexibility index (Phi) is 10.4. The number of benzene rings is 3. The fourth-order valence-corrected chi connectivity index (χ4v) is 6.18. The average molecular weight is 600 g/mol. The van der Waals surface area contributed by atoms with Crippen LogP contribution in [-0.2, 0) is 32.6 Å². The van der Waals surface area contributed by atoms with Crippen LogP contribution >= 0.6 is 11.6 Å². The Balaban J connectivity index is 1.73. The summed E-state index contributed by atoms with van der Waals surface area (Å²) in [4.78, 5) is 29.3. The van der Waals surface area contributed by atoms with Gasteiger partial charge in [-0.3, -0.25) is 13.9 Å². The first-order valence-electron chi connectivity index (χ1n) is 13.7. The highest BCUT2D eigenvalue weighted by atomic mass is 35.5. The van der Waals surface area contributed by atoms with Crippen LogP contribution in [0.15, 0.2) is 78.9 Å². The number of carbonyl (C=O) groups is 2. The van der Waals surface area contributed by atoms with Crippen LogP contribution in [0.1, 0.15) is 43.2 Å². The van der Waals surface area contributed by atoms with Crippen molar-refractivity contribution >= 4 is 39.1 Å². The molecule has 1 N–H and O–H groups in total. The van der Waals surface area contributed by atoms with Crippen molar-refractivity contribution in [2.24, 2.45) is 0 Å². The highest BCUT2D eigenvalue weighted by Gasteiger charge is 2.34. The molecule has 10 heteroatoms. The molecule has 0 aromatic heterocycles. The van der Waals surface area contributed by atoms with E-state index in [1.807, 2.05) is 30.3 Å². The number of amides is 2. The van der Waals surface area contributed by atoms with Gasteiger partial charge in [0.05, 0.1) is 11.9 Å². The van der Waals surface area contributed by atoms with Crippen molar-refractivity contribution in [1.82, 2.24) is 10.2 Å². The normalized spacial score (nSPS) is 14.7. The Bertz CT molecular complexity index is 1450. The van der Waals surface area contributed by atoms with Gasteiger partial charge in [0, 0.05) is 29.6 Å². The lowest BCUT2D eigenvalue weighted by Gasteiger charge is -2.35. The number of nitrogens with one attached hydrogen (secondary N) is 1. The standard InChI is InChI=1S/C31H35ClFN3O4S/c1-41(39,40)36(27-17-10-14-25(32)20-27)22-30(37)35(21-24-13-8-9-18-28(24)33)29(19-23-11-4-2-5-12-23)31(38)34-26-15-6-3-7-16-26/h2,4-5,8-14,17-18,20,26,29H,3,6-7,15-16,19,21-22H2,1H3,(H,34,38)/t29-/m0/s1. The lowest BCUT2D eigenvalue weighted by Crippen LogP contribution is -2.55. The van der Waals surface area contributed by atoms with Gasteiger partial charge in [-0.05, 0) is 42.7 Å². The van der Waals surface area contributed by atoms with E-state index in [1.165, 1.54) is 17.0 Å². The molecule has 218 valence electrons. The summed E-state index contributed by atoms with van der Waals surface area (Å²) in [5.41, 5.74) is 1.25. The van der Waals surface area contributed by atoms with Gasteiger partial charge in [-0.1, -0.05) is 85.5 Å². The molecule has 3 aromatic rings. The van der Waals surface area contributed by atoms with E-state index in [9.17, 15) is 22.4 Å². The molecule has 2 amide bonds. The Morgan fingerprint density at radius 3 is 2.32 bits per heavy atom. The molecule has 0 radical (unpaired) electrons. The van der Waals surface area contributed by atoms with E-state index in [1.54, 1.807) is 36.4 Å². The van der Waals surface area contributed by atoms with E-state index in [2.05, 4.69) is 5.32 Å². The summed E-state index contributed by atoms with van der Waals surface area (Å²) in [5, 5.41) is 3.43. The van der Waals surface area contributed by atoms with Crippen LogP contribution in [0.4, 0.5) is 10.1 Å². The molecule has 4 rings (SSSR count). The minimum Gasteiger partial charge on any atom is -0.352 e. The minimum absolute atomic E-state index is 0.0149. The molecule has 0 saturated heterocycles. The van der Waals surface area contributed by atoms with Gasteiger partial charge < -0.3 is 10.2 Å². The van der Waals surface area contributed by atoms with Gasteiger partial charge in [0.15, 0.2) is 0 Å². The second-order valence-corrected chi connectivity index (χ2v) is 12.8. The molecule has 1 aliphatic rings. The molecule has 0 aliphatic heterocycles. The quantitative estimate of drug-likeness (QED) is 0.323. The van der Waals surface area contributed by atoms with Gasteiger partial charge in [-0.25, -0.2) is 12.8 Å². The molecule has 7 nitrogen and oxygen atoms in total. The van der Waals surface area contributed by atoms with E-state index < -0.39 is 34.3 Å². The summed E-state index contributed by atoms with van der Waals surface area (Å²) in [6, 6.07) is 20.5. The summed E-state index contributed by atoms with van der Waals surface area (Å²) in [6.07, 6.45) is 6.01. The third-order valence-corrected chi connectivity index (χ3v) is 8.67. The molecule has 1 fully saturated rings. The van der Waals surface area contributed by atoms with Crippen LogP contribution in [0.2, 0.25) is 5.02 Å². The topological polar surface area (TPSA) is 86.8 Å². The van der Waals surface area contributed by atoms with Gasteiger partial charge in [-0.15, -0.1) is 0 Å². The van der Waals surface area contributed by atoms with Crippen molar-refractivity contribution in [3.8, 4) is 0 Å². The maximum Gasteiger partial charge on any atom is 0.244 e. The van der Waals surface area contributed by atoms with Gasteiger partial charge in [0.25, 0.3) is 0 Å². The molecule has 0 heterocycles. The number of sulfonamides is 1. The zero-order chi connectivity index (χ0) is 29.4. The molecule has 1 aliphatic carbocycles. The van der Waals surface area contributed by atoms with Crippen LogP contribution in [-0.4, -0.2) is 50.0 Å². The monoisotopic (exact) mass is 599 g/mol. The van der Waals surface area contributed by atoms with Crippen LogP contribution in [0.5, 0.6) is 0 Å². The zero-order valence-electron chi connectivity index (χ0n) is 23.0. The number of rotatable bonds is 11. The summed E-state index contributed by atoms with van der Waals surface area (Å²) in [7, 11) is -3.92. The first kappa shape index (κ1) is 30.5. The number of nitrogens with zero attached hydrogens (tertiary/aromatic N) is 2. The third kappa shape index (κ3) is 8.53. The Morgan fingerprint density at radius 2 is 1.66 bits per heavy atom. The molecule has 0 spiro atoms. The number of hydrogen-bond acceptors (Lipinski definition) is 4. The van der Waals surface area contributed by atoms with E-state index >= 15 is 0 Å². The maximum atomic E-state index is 14.9. The van der Waals surface area contributed by atoms with Crippen molar-refractivity contribution in [3.05, 3.63) is 101 Å². The largest absolute Gasteiger partial charge is 0.352 e. The van der Waals surface area contributed by atoms with Crippen molar-refractivity contribution in [2.75, 3.05) is 17.1 Å². The van der Waals surface area contributed by atoms with Crippen LogP contribution in [0, 0.1) is 5.82 Å². The van der Waals surface area contributed by atoms with E-state index in [0.29, 0.717) is 5.02 Å².